The van der Waals surface area contributed by atoms with E-state index in [4.69, 9.17) is 0 Å². The summed E-state index contributed by atoms with van der Waals surface area (Å²) < 4.78 is 0. The second-order valence-corrected chi connectivity index (χ2v) is 10.1. The molecule has 0 spiro atoms. The normalized spacial score (nSPS) is 11.0. The second kappa shape index (κ2) is 10.5. The van der Waals surface area contributed by atoms with E-state index in [-0.39, 0.29) is 0 Å². The van der Waals surface area contributed by atoms with E-state index in [9.17, 15) is 0 Å². The Morgan fingerprint density at radius 3 is 1.07 bits per heavy atom. The van der Waals surface area contributed by atoms with Crippen molar-refractivity contribution in [3.63, 3.8) is 0 Å². The van der Waals surface area contributed by atoms with Crippen molar-refractivity contribution in [3.05, 3.63) is 192 Å². The van der Waals surface area contributed by atoms with Crippen molar-refractivity contribution in [2.24, 2.45) is 0 Å². The van der Waals surface area contributed by atoms with Crippen LogP contribution in [-0.2, 0) is 0 Å². The summed E-state index contributed by atoms with van der Waals surface area (Å²) in [6.45, 7) is 0. The van der Waals surface area contributed by atoms with Crippen LogP contribution in [0.15, 0.2) is 170 Å². The van der Waals surface area contributed by atoms with Crippen LogP contribution in [0.3, 0.4) is 0 Å². The predicted octanol–water partition coefficient (Wildman–Crippen LogP) is 10.7. The molecule has 0 atom stereocenters. The highest BCUT2D eigenvalue weighted by Gasteiger charge is 2.17. The first kappa shape index (κ1) is 23.9. The third-order valence-electron chi connectivity index (χ3n) is 7.67. The van der Waals surface area contributed by atoms with Crippen molar-refractivity contribution < 1.29 is 0 Å². The monoisotopic (exact) mass is 508 g/mol. The van der Waals surface area contributed by atoms with Crippen molar-refractivity contribution in [1.82, 2.24) is 0 Å². The van der Waals surface area contributed by atoms with E-state index in [1.165, 1.54) is 66.1 Å². The fourth-order valence-corrected chi connectivity index (χ4v) is 5.85. The lowest BCUT2D eigenvalue weighted by Gasteiger charge is -2.19. The van der Waals surface area contributed by atoms with Gasteiger partial charge in [-0.3, -0.25) is 0 Å². The van der Waals surface area contributed by atoms with Crippen LogP contribution in [0.2, 0.25) is 0 Å². The molecule has 0 amide bonds. The Morgan fingerprint density at radius 1 is 0.300 bits per heavy atom. The van der Waals surface area contributed by atoms with Gasteiger partial charge in [0.1, 0.15) is 0 Å². The molecule has 0 aliphatic carbocycles. The van der Waals surface area contributed by atoms with Crippen LogP contribution in [0.25, 0.3) is 43.8 Å². The molecule has 0 saturated carbocycles. The Kier molecular flexibility index (Phi) is 6.28. The second-order valence-electron chi connectivity index (χ2n) is 10.1. The first-order chi connectivity index (χ1) is 19.9. The van der Waals surface area contributed by atoms with Gasteiger partial charge in [0.05, 0.1) is 0 Å². The maximum Gasteiger partial charge on any atom is -0.00268 e. The maximum absolute atomic E-state index is 2.30. The highest BCUT2D eigenvalue weighted by molar-refractivity contribution is 6.13. The Labute approximate surface area is 235 Å². The quantitative estimate of drug-likeness (QED) is 0.160. The number of fused-ring (bicyclic) bond motifs is 2. The summed E-state index contributed by atoms with van der Waals surface area (Å²) in [5.41, 5.74) is 9.79. The zero-order valence-electron chi connectivity index (χ0n) is 22.2. The Morgan fingerprint density at radius 2 is 0.650 bits per heavy atom. The molecule has 7 rings (SSSR count). The van der Waals surface area contributed by atoms with Crippen LogP contribution in [0.1, 0.15) is 22.3 Å². The molecule has 0 aliphatic heterocycles. The van der Waals surface area contributed by atoms with E-state index in [1.54, 1.807) is 0 Å². The summed E-state index contributed by atoms with van der Waals surface area (Å²) >= 11 is 0. The molecule has 0 fully saturated rings. The third-order valence-corrected chi connectivity index (χ3v) is 7.67. The van der Waals surface area contributed by atoms with Crippen LogP contribution in [0.5, 0.6) is 0 Å². The zero-order valence-corrected chi connectivity index (χ0v) is 22.2. The van der Waals surface area contributed by atoms with Crippen molar-refractivity contribution in [2.45, 2.75) is 0 Å². The average molecular weight is 509 g/mol. The fourth-order valence-electron chi connectivity index (χ4n) is 5.85. The van der Waals surface area contributed by atoms with Crippen LogP contribution in [0.4, 0.5) is 0 Å². The highest BCUT2D eigenvalue weighted by Crippen LogP contribution is 2.40. The van der Waals surface area contributed by atoms with E-state index in [1.807, 2.05) is 0 Å². The minimum atomic E-state index is 1.20. The lowest BCUT2D eigenvalue weighted by molar-refractivity contribution is 1.50. The molecule has 0 nitrogen and oxygen atoms in total. The molecule has 40 heavy (non-hydrogen) atoms. The first-order valence-electron chi connectivity index (χ1n) is 13.8. The summed E-state index contributed by atoms with van der Waals surface area (Å²) in [5.74, 6) is 0. The van der Waals surface area contributed by atoms with Crippen LogP contribution in [-0.4, -0.2) is 0 Å². The predicted molar refractivity (Wildman–Crippen MR) is 171 cm³/mol. The molecule has 0 saturated heterocycles. The Balaban J connectivity index is 1.48. The number of rotatable bonds is 5. The van der Waals surface area contributed by atoms with Gasteiger partial charge in [0.2, 0.25) is 0 Å². The Bertz CT molecular complexity index is 1850. The van der Waals surface area contributed by atoms with Gasteiger partial charge >= 0.3 is 0 Å². The topological polar surface area (TPSA) is 0 Å². The van der Waals surface area contributed by atoms with Crippen LogP contribution in [0, 0.1) is 0 Å². The van der Waals surface area contributed by atoms with Gasteiger partial charge in [0.15, 0.2) is 0 Å². The number of hydrogen-bond acceptors (Lipinski definition) is 0. The lowest BCUT2D eigenvalue weighted by atomic mass is 9.85. The van der Waals surface area contributed by atoms with Gasteiger partial charge in [-0.05, 0) is 72.1 Å². The maximum atomic E-state index is 2.30. The molecular weight excluding hydrogens is 480 g/mol. The first-order valence-corrected chi connectivity index (χ1v) is 13.8. The molecule has 7 aromatic carbocycles. The van der Waals surface area contributed by atoms with Gasteiger partial charge in [-0.1, -0.05) is 164 Å². The minimum absolute atomic E-state index is 1.20. The largest absolute Gasteiger partial charge is 0.0622 e. The summed E-state index contributed by atoms with van der Waals surface area (Å²) in [6.07, 6.45) is 0. The molecule has 0 heteroatoms. The van der Waals surface area contributed by atoms with Crippen molar-refractivity contribution in [2.75, 3.05) is 0 Å². The molecule has 188 valence electrons. The summed E-state index contributed by atoms with van der Waals surface area (Å²) in [4.78, 5) is 0. The third kappa shape index (κ3) is 4.40. The van der Waals surface area contributed by atoms with Crippen LogP contribution < -0.4 is 0 Å². The molecule has 0 radical (unpaired) electrons. The van der Waals surface area contributed by atoms with Gasteiger partial charge in [0.25, 0.3) is 0 Å². The van der Waals surface area contributed by atoms with Crippen molar-refractivity contribution in [3.8, 4) is 11.1 Å². The van der Waals surface area contributed by atoms with E-state index in [2.05, 4.69) is 170 Å². The van der Waals surface area contributed by atoms with Crippen LogP contribution >= 0.6 is 0 Å². The van der Waals surface area contributed by atoms with Gasteiger partial charge in [0, 0.05) is 0 Å². The van der Waals surface area contributed by atoms with Crippen molar-refractivity contribution in [1.29, 1.82) is 0 Å². The molecule has 0 aromatic heterocycles. The zero-order chi connectivity index (χ0) is 26.7. The van der Waals surface area contributed by atoms with E-state index >= 15 is 0 Å². The molecule has 0 N–H and O–H groups in total. The van der Waals surface area contributed by atoms with Gasteiger partial charge in [-0.25, -0.2) is 0 Å². The SMILES string of the molecule is c1ccc(C(=C(c2ccccc2)c2ccc(-c3c4ccccc4cc4ccccc34)cc2)c2ccccc2)cc1. The molecule has 7 aromatic rings. The minimum Gasteiger partial charge on any atom is -0.0622 e. The number of hydrogen-bond donors (Lipinski definition) is 0. The van der Waals surface area contributed by atoms with Gasteiger partial charge in [-0.15, -0.1) is 0 Å². The van der Waals surface area contributed by atoms with E-state index < -0.39 is 0 Å². The number of benzene rings is 7. The smallest absolute Gasteiger partial charge is 0.00268 e. The average Bonchev–Trinajstić information content (AvgIpc) is 3.04. The molecular formula is C40H28. The summed E-state index contributed by atoms with van der Waals surface area (Å²) in [5, 5.41) is 5.09. The van der Waals surface area contributed by atoms with Gasteiger partial charge in [-0.2, -0.15) is 0 Å². The standard InChI is InChI=1S/C40H28/c1-4-14-29(15-5-1)38(30-16-6-2-7-17-30)39(31-18-8-3-9-19-31)32-24-26-33(27-25-32)40-36-22-12-10-20-34(36)28-35-21-11-13-23-37(35)40/h1-28H. The Hall–Kier alpha value is -5.20. The lowest BCUT2D eigenvalue weighted by Crippen LogP contribution is -1.97. The molecule has 0 heterocycles. The molecule has 0 unspecified atom stereocenters. The van der Waals surface area contributed by atoms with Gasteiger partial charge < -0.3 is 0 Å². The van der Waals surface area contributed by atoms with E-state index in [0.717, 1.165) is 0 Å². The highest BCUT2D eigenvalue weighted by atomic mass is 14.2. The molecule has 0 bridgehead atoms. The summed E-state index contributed by atoms with van der Waals surface area (Å²) in [6, 6.07) is 61.1. The summed E-state index contributed by atoms with van der Waals surface area (Å²) in [7, 11) is 0. The van der Waals surface area contributed by atoms with Crippen molar-refractivity contribution >= 4 is 32.7 Å². The van der Waals surface area contributed by atoms with E-state index in [0.29, 0.717) is 0 Å². The molecule has 0 aliphatic rings. The fraction of sp³-hybridized carbons (Fsp3) is 0.